The zero-order valence-electron chi connectivity index (χ0n) is 13.9. The van der Waals surface area contributed by atoms with Gasteiger partial charge in [-0.15, -0.1) is 0 Å². The van der Waals surface area contributed by atoms with E-state index in [0.29, 0.717) is 42.6 Å². The number of nitrogens with zero attached hydrogens (tertiary/aromatic N) is 1. The predicted molar refractivity (Wildman–Crippen MR) is 91.4 cm³/mol. The first-order chi connectivity index (χ1) is 11.1. The number of ether oxygens (including phenoxy) is 3. The standard InChI is InChI=1S/C16H25ClN2O4/c1-21-10-8-19(9-11-22-2)7-6-16(20)18-14-12-13(17)4-5-15(14)23-3/h4-5,12H,6-11H2,1-3H3,(H,18,20). The Morgan fingerprint density at radius 1 is 1.13 bits per heavy atom. The summed E-state index contributed by atoms with van der Waals surface area (Å²) in [5.41, 5.74) is 0.574. The minimum atomic E-state index is -0.0922. The Hall–Kier alpha value is -1.34. The van der Waals surface area contributed by atoms with E-state index in [-0.39, 0.29) is 5.91 Å². The predicted octanol–water partition coefficient (Wildman–Crippen LogP) is 2.27. The van der Waals surface area contributed by atoms with E-state index < -0.39 is 0 Å². The molecule has 7 heteroatoms. The molecule has 1 N–H and O–H groups in total. The van der Waals surface area contributed by atoms with Gasteiger partial charge < -0.3 is 19.5 Å². The Balaban J connectivity index is 2.52. The van der Waals surface area contributed by atoms with Crippen molar-refractivity contribution in [2.45, 2.75) is 6.42 Å². The number of anilines is 1. The van der Waals surface area contributed by atoms with E-state index in [1.165, 1.54) is 0 Å². The van der Waals surface area contributed by atoms with Gasteiger partial charge in [-0.2, -0.15) is 0 Å². The molecule has 1 aromatic rings. The molecular formula is C16H25ClN2O4. The van der Waals surface area contributed by atoms with Crippen LogP contribution in [0.5, 0.6) is 5.75 Å². The molecule has 0 bridgehead atoms. The smallest absolute Gasteiger partial charge is 0.225 e. The van der Waals surface area contributed by atoms with Crippen molar-refractivity contribution < 1.29 is 19.0 Å². The SMILES string of the molecule is COCCN(CCOC)CCC(=O)Nc1cc(Cl)ccc1OC. The molecule has 6 nitrogen and oxygen atoms in total. The number of methoxy groups -OCH3 is 3. The van der Waals surface area contributed by atoms with E-state index in [1.807, 2.05) is 0 Å². The second-order valence-corrected chi connectivity index (χ2v) is 5.41. The Labute approximate surface area is 142 Å². The van der Waals surface area contributed by atoms with Crippen molar-refractivity contribution in [3.05, 3.63) is 23.2 Å². The summed E-state index contributed by atoms with van der Waals surface area (Å²) < 4.78 is 15.4. The molecule has 130 valence electrons. The van der Waals surface area contributed by atoms with Crippen molar-refractivity contribution in [1.29, 1.82) is 0 Å². The van der Waals surface area contributed by atoms with Gasteiger partial charge in [-0.1, -0.05) is 11.6 Å². The number of amides is 1. The average Bonchev–Trinajstić information content (AvgIpc) is 2.54. The number of carbonyl (C=O) groups excluding carboxylic acids is 1. The lowest BCUT2D eigenvalue weighted by Crippen LogP contribution is -2.33. The Morgan fingerprint density at radius 2 is 1.78 bits per heavy atom. The van der Waals surface area contributed by atoms with E-state index in [9.17, 15) is 4.79 Å². The Bertz CT molecular complexity index is 477. The third kappa shape index (κ3) is 7.65. The van der Waals surface area contributed by atoms with E-state index in [0.717, 1.165) is 13.1 Å². The van der Waals surface area contributed by atoms with Crippen LogP contribution in [0.25, 0.3) is 0 Å². The third-order valence-corrected chi connectivity index (χ3v) is 3.55. The fourth-order valence-electron chi connectivity index (χ4n) is 2.03. The molecule has 0 aliphatic heterocycles. The summed E-state index contributed by atoms with van der Waals surface area (Å²) in [7, 11) is 4.87. The first-order valence-electron chi connectivity index (χ1n) is 7.44. The van der Waals surface area contributed by atoms with Gasteiger partial charge in [-0.3, -0.25) is 9.69 Å². The summed E-state index contributed by atoms with van der Waals surface area (Å²) in [5, 5.41) is 3.38. The molecule has 0 aliphatic carbocycles. The highest BCUT2D eigenvalue weighted by molar-refractivity contribution is 6.31. The van der Waals surface area contributed by atoms with Gasteiger partial charge in [0.2, 0.25) is 5.91 Å². The van der Waals surface area contributed by atoms with Crippen LogP contribution in [-0.2, 0) is 14.3 Å². The van der Waals surface area contributed by atoms with Crippen molar-refractivity contribution in [1.82, 2.24) is 4.90 Å². The van der Waals surface area contributed by atoms with Crippen LogP contribution in [0.1, 0.15) is 6.42 Å². The summed E-state index contributed by atoms with van der Waals surface area (Å²) in [5.74, 6) is 0.490. The minimum Gasteiger partial charge on any atom is -0.495 e. The van der Waals surface area contributed by atoms with E-state index in [1.54, 1.807) is 39.5 Å². The summed E-state index contributed by atoms with van der Waals surface area (Å²) in [6, 6.07) is 5.11. The fourth-order valence-corrected chi connectivity index (χ4v) is 2.20. The first-order valence-corrected chi connectivity index (χ1v) is 7.82. The number of benzene rings is 1. The summed E-state index contributed by atoms with van der Waals surface area (Å²) >= 11 is 5.96. The van der Waals surface area contributed by atoms with Gasteiger partial charge in [-0.05, 0) is 18.2 Å². The molecule has 0 atom stereocenters. The van der Waals surface area contributed by atoms with Crippen molar-refractivity contribution in [2.75, 3.05) is 59.5 Å². The summed E-state index contributed by atoms with van der Waals surface area (Å²) in [6.07, 6.45) is 0.364. The normalized spacial score (nSPS) is 10.8. The van der Waals surface area contributed by atoms with Crippen LogP contribution in [0.15, 0.2) is 18.2 Å². The van der Waals surface area contributed by atoms with Gasteiger partial charge >= 0.3 is 0 Å². The van der Waals surface area contributed by atoms with Crippen molar-refractivity contribution >= 4 is 23.2 Å². The van der Waals surface area contributed by atoms with Crippen LogP contribution in [0.2, 0.25) is 5.02 Å². The summed E-state index contributed by atoms with van der Waals surface area (Å²) in [4.78, 5) is 14.3. The highest BCUT2D eigenvalue weighted by Crippen LogP contribution is 2.27. The number of carbonyl (C=O) groups is 1. The molecule has 0 spiro atoms. The van der Waals surface area contributed by atoms with Gasteiger partial charge in [-0.25, -0.2) is 0 Å². The van der Waals surface area contributed by atoms with Crippen LogP contribution in [0.3, 0.4) is 0 Å². The molecule has 0 saturated heterocycles. The number of nitrogens with one attached hydrogen (secondary N) is 1. The lowest BCUT2D eigenvalue weighted by Gasteiger charge is -2.21. The fraction of sp³-hybridized carbons (Fsp3) is 0.562. The van der Waals surface area contributed by atoms with Crippen molar-refractivity contribution in [2.24, 2.45) is 0 Å². The maximum atomic E-state index is 12.1. The maximum absolute atomic E-state index is 12.1. The van der Waals surface area contributed by atoms with Crippen LogP contribution in [0.4, 0.5) is 5.69 Å². The second kappa shape index (κ2) is 11.2. The van der Waals surface area contributed by atoms with E-state index >= 15 is 0 Å². The largest absolute Gasteiger partial charge is 0.495 e. The van der Waals surface area contributed by atoms with Crippen LogP contribution in [0, 0.1) is 0 Å². The molecule has 1 aromatic carbocycles. The second-order valence-electron chi connectivity index (χ2n) is 4.97. The molecule has 0 heterocycles. The molecule has 0 fully saturated rings. The quantitative estimate of drug-likeness (QED) is 0.667. The van der Waals surface area contributed by atoms with Gasteiger partial charge in [0.05, 0.1) is 26.0 Å². The van der Waals surface area contributed by atoms with E-state index in [4.69, 9.17) is 25.8 Å². The lowest BCUT2D eigenvalue weighted by atomic mass is 10.2. The molecule has 0 radical (unpaired) electrons. The first kappa shape index (κ1) is 19.7. The molecule has 0 saturated carbocycles. The van der Waals surface area contributed by atoms with Gasteiger partial charge in [0.25, 0.3) is 0 Å². The Morgan fingerprint density at radius 3 is 2.35 bits per heavy atom. The third-order valence-electron chi connectivity index (χ3n) is 3.31. The van der Waals surface area contributed by atoms with Crippen molar-refractivity contribution in [3.63, 3.8) is 0 Å². The molecular weight excluding hydrogens is 320 g/mol. The number of halogens is 1. The van der Waals surface area contributed by atoms with Gasteiger partial charge in [0.1, 0.15) is 5.75 Å². The molecule has 0 unspecified atom stereocenters. The monoisotopic (exact) mass is 344 g/mol. The Kier molecular flexibility index (Phi) is 9.63. The van der Waals surface area contributed by atoms with Crippen LogP contribution in [-0.4, -0.2) is 65.0 Å². The average molecular weight is 345 g/mol. The topological polar surface area (TPSA) is 60.0 Å². The molecule has 1 rings (SSSR count). The zero-order chi connectivity index (χ0) is 17.1. The van der Waals surface area contributed by atoms with Crippen LogP contribution < -0.4 is 10.1 Å². The maximum Gasteiger partial charge on any atom is 0.225 e. The molecule has 0 aromatic heterocycles. The highest BCUT2D eigenvalue weighted by atomic mass is 35.5. The van der Waals surface area contributed by atoms with Gasteiger partial charge in [0.15, 0.2) is 0 Å². The summed E-state index contributed by atoms with van der Waals surface area (Å²) in [6.45, 7) is 3.38. The van der Waals surface area contributed by atoms with Crippen molar-refractivity contribution in [3.8, 4) is 5.75 Å². The zero-order valence-corrected chi connectivity index (χ0v) is 14.7. The number of hydrogen-bond donors (Lipinski definition) is 1. The lowest BCUT2D eigenvalue weighted by molar-refractivity contribution is -0.116. The molecule has 1 amide bonds. The molecule has 23 heavy (non-hydrogen) atoms. The minimum absolute atomic E-state index is 0.0922. The number of rotatable bonds is 11. The molecule has 0 aliphatic rings. The van der Waals surface area contributed by atoms with Crippen LogP contribution >= 0.6 is 11.6 Å². The highest BCUT2D eigenvalue weighted by Gasteiger charge is 2.11. The van der Waals surface area contributed by atoms with E-state index in [2.05, 4.69) is 10.2 Å². The number of hydrogen-bond acceptors (Lipinski definition) is 5. The van der Waals surface area contributed by atoms with Gasteiger partial charge in [0, 0.05) is 45.3 Å².